The number of nitrogens with zero attached hydrogens (tertiary/aromatic N) is 2. The molecule has 2 aromatic rings. The first-order valence-electron chi connectivity index (χ1n) is 11.3. The van der Waals surface area contributed by atoms with E-state index in [0.29, 0.717) is 19.5 Å². The van der Waals surface area contributed by atoms with Gasteiger partial charge in [0, 0.05) is 42.7 Å². The van der Waals surface area contributed by atoms with E-state index in [0.717, 1.165) is 42.1 Å². The van der Waals surface area contributed by atoms with Crippen molar-refractivity contribution in [2.75, 3.05) is 19.6 Å². The van der Waals surface area contributed by atoms with Gasteiger partial charge in [0.2, 0.25) is 11.8 Å². The minimum Gasteiger partial charge on any atom is -0.361 e. The lowest BCUT2D eigenvalue weighted by atomic mass is 9.95. The van der Waals surface area contributed by atoms with Gasteiger partial charge in [-0.2, -0.15) is 0 Å². The summed E-state index contributed by atoms with van der Waals surface area (Å²) in [4.78, 5) is 45.3. The quantitative estimate of drug-likeness (QED) is 0.702. The summed E-state index contributed by atoms with van der Waals surface area (Å²) in [7, 11) is 0. The molecule has 2 unspecified atom stereocenters. The fraction of sp³-hybridized carbons (Fsp3) is 0.522. The number of hydrogen-bond donors (Lipinski definition) is 3. The van der Waals surface area contributed by atoms with Gasteiger partial charge < -0.3 is 25.4 Å². The van der Waals surface area contributed by atoms with E-state index in [2.05, 4.69) is 15.6 Å². The number of H-pyrrole nitrogens is 1. The molecule has 1 aliphatic carbocycles. The molecular formula is C23H29N5O3. The van der Waals surface area contributed by atoms with E-state index in [4.69, 9.17) is 0 Å². The van der Waals surface area contributed by atoms with Gasteiger partial charge in [-0.3, -0.25) is 9.59 Å². The van der Waals surface area contributed by atoms with E-state index in [-0.39, 0.29) is 30.4 Å². The Morgan fingerprint density at radius 3 is 2.74 bits per heavy atom. The summed E-state index contributed by atoms with van der Waals surface area (Å²) < 4.78 is 0. The summed E-state index contributed by atoms with van der Waals surface area (Å²) in [6.45, 7) is 1.09. The SMILES string of the molecule is O=C1NC(Cc2c[nH]c3ccccc23)C(=O)N2CCN(C(=O)NC3CCCCC3)CC12. The van der Waals surface area contributed by atoms with Gasteiger partial charge in [0.25, 0.3) is 0 Å². The number of amides is 4. The van der Waals surface area contributed by atoms with E-state index in [1.165, 1.54) is 6.42 Å². The second-order valence-corrected chi connectivity index (χ2v) is 8.90. The molecule has 3 aliphatic rings. The number of piperazine rings is 2. The summed E-state index contributed by atoms with van der Waals surface area (Å²) >= 11 is 0. The van der Waals surface area contributed by atoms with Crippen molar-refractivity contribution < 1.29 is 14.4 Å². The maximum Gasteiger partial charge on any atom is 0.317 e. The summed E-state index contributed by atoms with van der Waals surface area (Å²) in [5, 5.41) is 7.09. The number of fused-ring (bicyclic) bond motifs is 2. The average molecular weight is 424 g/mol. The Kier molecular flexibility index (Phi) is 5.29. The molecule has 8 heteroatoms. The molecule has 3 heterocycles. The molecule has 1 aromatic heterocycles. The number of nitrogens with one attached hydrogen (secondary N) is 3. The van der Waals surface area contributed by atoms with Crippen LogP contribution in [0.5, 0.6) is 0 Å². The second-order valence-electron chi connectivity index (χ2n) is 8.90. The molecule has 4 amide bonds. The molecule has 0 radical (unpaired) electrons. The molecule has 2 aliphatic heterocycles. The number of para-hydroxylation sites is 1. The van der Waals surface area contributed by atoms with Gasteiger partial charge >= 0.3 is 6.03 Å². The van der Waals surface area contributed by atoms with Gasteiger partial charge in [0.1, 0.15) is 12.1 Å². The molecule has 2 atom stereocenters. The Balaban J connectivity index is 1.24. The number of aromatic nitrogens is 1. The van der Waals surface area contributed by atoms with Crippen molar-refractivity contribution in [2.24, 2.45) is 0 Å². The van der Waals surface area contributed by atoms with Gasteiger partial charge in [-0.15, -0.1) is 0 Å². The van der Waals surface area contributed by atoms with Crippen molar-refractivity contribution in [3.8, 4) is 0 Å². The topological polar surface area (TPSA) is 97.5 Å². The first-order valence-corrected chi connectivity index (χ1v) is 11.3. The van der Waals surface area contributed by atoms with E-state index in [1.54, 1.807) is 9.80 Å². The fourth-order valence-electron chi connectivity index (χ4n) is 5.16. The zero-order valence-electron chi connectivity index (χ0n) is 17.6. The van der Waals surface area contributed by atoms with Crippen molar-refractivity contribution >= 4 is 28.7 Å². The van der Waals surface area contributed by atoms with Gasteiger partial charge in [0.15, 0.2) is 0 Å². The van der Waals surface area contributed by atoms with E-state index in [9.17, 15) is 14.4 Å². The normalized spacial score (nSPS) is 24.8. The van der Waals surface area contributed by atoms with Crippen LogP contribution in [0.4, 0.5) is 4.79 Å². The predicted octanol–water partition coefficient (Wildman–Crippen LogP) is 1.76. The zero-order valence-corrected chi connectivity index (χ0v) is 17.6. The smallest absolute Gasteiger partial charge is 0.317 e. The third kappa shape index (κ3) is 3.86. The first-order chi connectivity index (χ1) is 15.1. The van der Waals surface area contributed by atoms with Crippen LogP contribution in [0.25, 0.3) is 10.9 Å². The fourth-order valence-corrected chi connectivity index (χ4v) is 5.16. The largest absolute Gasteiger partial charge is 0.361 e. The van der Waals surface area contributed by atoms with Crippen molar-refractivity contribution in [1.29, 1.82) is 0 Å². The number of hydrogen-bond acceptors (Lipinski definition) is 3. The highest BCUT2D eigenvalue weighted by atomic mass is 16.2. The molecule has 1 saturated carbocycles. The third-order valence-electron chi connectivity index (χ3n) is 6.90. The molecular weight excluding hydrogens is 394 g/mol. The zero-order chi connectivity index (χ0) is 21.4. The van der Waals surface area contributed by atoms with Gasteiger partial charge in [-0.25, -0.2) is 4.79 Å². The summed E-state index contributed by atoms with van der Waals surface area (Å²) in [6.07, 6.45) is 7.92. The van der Waals surface area contributed by atoms with E-state index >= 15 is 0 Å². The monoisotopic (exact) mass is 423 g/mol. The summed E-state index contributed by atoms with van der Waals surface area (Å²) in [5.41, 5.74) is 2.03. The van der Waals surface area contributed by atoms with Crippen molar-refractivity contribution in [1.82, 2.24) is 25.4 Å². The van der Waals surface area contributed by atoms with Crippen molar-refractivity contribution in [3.63, 3.8) is 0 Å². The number of benzene rings is 1. The molecule has 164 valence electrons. The number of rotatable bonds is 3. The lowest BCUT2D eigenvalue weighted by Gasteiger charge is -2.45. The summed E-state index contributed by atoms with van der Waals surface area (Å²) in [6, 6.07) is 6.85. The average Bonchev–Trinajstić information content (AvgIpc) is 3.20. The van der Waals surface area contributed by atoms with Crippen LogP contribution in [0, 0.1) is 0 Å². The lowest BCUT2D eigenvalue weighted by molar-refractivity contribution is -0.152. The molecule has 3 fully saturated rings. The molecule has 1 aromatic carbocycles. The van der Waals surface area contributed by atoms with Crippen molar-refractivity contribution in [3.05, 3.63) is 36.0 Å². The van der Waals surface area contributed by atoms with E-state index < -0.39 is 12.1 Å². The standard InChI is InChI=1S/C23H29N5O3/c29-21-20-14-27(23(31)25-16-6-2-1-3-7-16)10-11-28(20)22(30)19(26-21)12-15-13-24-18-9-5-4-8-17(15)18/h4-5,8-9,13,16,19-20,24H,1-3,6-7,10-12,14H2,(H,25,31)(H,26,29). The Hall–Kier alpha value is -3.03. The number of aromatic amines is 1. The third-order valence-corrected chi connectivity index (χ3v) is 6.90. The molecule has 5 rings (SSSR count). The van der Waals surface area contributed by atoms with Crippen LogP contribution in [0.3, 0.4) is 0 Å². The van der Waals surface area contributed by atoms with Crippen LogP contribution in [-0.2, 0) is 16.0 Å². The Morgan fingerprint density at radius 1 is 1.10 bits per heavy atom. The highest BCUT2D eigenvalue weighted by Crippen LogP contribution is 2.23. The molecule has 0 bridgehead atoms. The van der Waals surface area contributed by atoms with Crippen LogP contribution >= 0.6 is 0 Å². The molecule has 8 nitrogen and oxygen atoms in total. The number of carbonyl (C=O) groups is 3. The molecule has 31 heavy (non-hydrogen) atoms. The van der Waals surface area contributed by atoms with Crippen LogP contribution in [0.1, 0.15) is 37.7 Å². The maximum atomic E-state index is 13.1. The van der Waals surface area contributed by atoms with Gasteiger partial charge in [-0.05, 0) is 24.5 Å². The second kappa shape index (κ2) is 8.24. The van der Waals surface area contributed by atoms with Gasteiger partial charge in [0.05, 0.1) is 6.54 Å². The summed E-state index contributed by atoms with van der Waals surface area (Å²) in [5.74, 6) is -0.248. The molecule has 0 spiro atoms. The highest BCUT2D eigenvalue weighted by Gasteiger charge is 2.44. The predicted molar refractivity (Wildman–Crippen MR) is 116 cm³/mol. The van der Waals surface area contributed by atoms with Crippen molar-refractivity contribution in [2.45, 2.75) is 56.7 Å². The van der Waals surface area contributed by atoms with Crippen LogP contribution in [-0.4, -0.2) is 70.4 Å². The van der Waals surface area contributed by atoms with Gasteiger partial charge in [-0.1, -0.05) is 37.5 Å². The van der Waals surface area contributed by atoms with Crippen LogP contribution < -0.4 is 10.6 Å². The van der Waals surface area contributed by atoms with E-state index in [1.807, 2.05) is 30.5 Å². The Morgan fingerprint density at radius 2 is 1.90 bits per heavy atom. The Labute approximate surface area is 181 Å². The minimum absolute atomic E-state index is 0.0674. The number of urea groups is 1. The minimum atomic E-state index is -0.613. The number of carbonyl (C=O) groups excluding carboxylic acids is 3. The van der Waals surface area contributed by atoms with Crippen LogP contribution in [0.2, 0.25) is 0 Å². The Bertz CT molecular complexity index is 996. The molecule has 2 saturated heterocycles. The first kappa shape index (κ1) is 19.9. The lowest BCUT2D eigenvalue weighted by Crippen LogP contribution is -2.70. The maximum absolute atomic E-state index is 13.1. The van der Waals surface area contributed by atoms with Crippen LogP contribution in [0.15, 0.2) is 30.5 Å². The molecule has 3 N–H and O–H groups in total. The highest BCUT2D eigenvalue weighted by molar-refractivity contribution is 5.98.